The Morgan fingerprint density at radius 3 is 2.67 bits per heavy atom. The fraction of sp³-hybridized carbons (Fsp3) is 0.500. The Hall–Kier alpha value is -0.920. The molecule has 1 heterocycles. The highest BCUT2D eigenvalue weighted by Crippen LogP contribution is 2.36. The Kier molecular flexibility index (Phi) is 2.07. The molecule has 2 nitrogen and oxygen atoms in total. The van der Waals surface area contributed by atoms with E-state index < -0.39 is 0 Å². The molecule has 2 unspecified atom stereocenters. The van der Waals surface area contributed by atoms with E-state index in [9.17, 15) is 0 Å². The average molecular weight is 161 g/mol. The van der Waals surface area contributed by atoms with Gasteiger partial charge in [-0.25, -0.2) is 9.97 Å². The molecule has 1 saturated carbocycles. The topological polar surface area (TPSA) is 25.8 Å². The lowest BCUT2D eigenvalue weighted by Gasteiger charge is -2.12. The van der Waals surface area contributed by atoms with Crippen molar-refractivity contribution in [3.05, 3.63) is 30.7 Å². The minimum absolute atomic E-state index is 0.561. The Bertz CT molecular complexity index is 245. The van der Waals surface area contributed by atoms with E-state index in [0.717, 1.165) is 5.82 Å². The van der Waals surface area contributed by atoms with Crippen LogP contribution >= 0.6 is 0 Å². The van der Waals surface area contributed by atoms with Crippen molar-refractivity contribution in [3.63, 3.8) is 0 Å². The van der Waals surface area contributed by atoms with E-state index in [0.29, 0.717) is 11.8 Å². The van der Waals surface area contributed by atoms with Gasteiger partial charge in [0.1, 0.15) is 5.82 Å². The van der Waals surface area contributed by atoms with Gasteiger partial charge in [0.05, 0.1) is 0 Å². The Labute approximate surface area is 73.1 Å². The molecule has 63 valence electrons. The fourth-order valence-corrected chi connectivity index (χ4v) is 1.83. The number of hydrogen-bond donors (Lipinski definition) is 0. The van der Waals surface area contributed by atoms with Crippen molar-refractivity contribution in [2.45, 2.75) is 25.7 Å². The SMILES string of the molecule is CC1[CH]CCC1c1ncccn1. The summed E-state index contributed by atoms with van der Waals surface area (Å²) in [5.74, 6) is 2.22. The summed E-state index contributed by atoms with van der Waals surface area (Å²) >= 11 is 0. The summed E-state index contributed by atoms with van der Waals surface area (Å²) in [7, 11) is 0. The molecule has 1 aliphatic rings. The Balaban J connectivity index is 2.19. The van der Waals surface area contributed by atoms with E-state index >= 15 is 0 Å². The van der Waals surface area contributed by atoms with Gasteiger partial charge in [0, 0.05) is 18.3 Å². The van der Waals surface area contributed by atoms with Crippen LogP contribution < -0.4 is 0 Å². The van der Waals surface area contributed by atoms with Gasteiger partial charge in [0.2, 0.25) is 0 Å². The summed E-state index contributed by atoms with van der Waals surface area (Å²) in [6.07, 6.45) is 8.44. The molecule has 0 N–H and O–H groups in total. The summed E-state index contributed by atoms with van der Waals surface area (Å²) in [6, 6.07) is 1.87. The number of nitrogens with zero attached hydrogens (tertiary/aromatic N) is 2. The third kappa shape index (κ3) is 1.33. The molecular formula is C10H13N2. The molecule has 0 aliphatic heterocycles. The van der Waals surface area contributed by atoms with Gasteiger partial charge in [-0.15, -0.1) is 0 Å². The van der Waals surface area contributed by atoms with Crippen LogP contribution in [0.5, 0.6) is 0 Å². The predicted molar refractivity (Wildman–Crippen MR) is 47.5 cm³/mol. The first kappa shape index (κ1) is 7.71. The van der Waals surface area contributed by atoms with E-state index in [1.165, 1.54) is 12.8 Å². The van der Waals surface area contributed by atoms with Crippen molar-refractivity contribution in [1.82, 2.24) is 9.97 Å². The van der Waals surface area contributed by atoms with E-state index in [-0.39, 0.29) is 0 Å². The van der Waals surface area contributed by atoms with Gasteiger partial charge in [-0.1, -0.05) is 6.92 Å². The van der Waals surface area contributed by atoms with E-state index in [2.05, 4.69) is 23.3 Å². The van der Waals surface area contributed by atoms with Gasteiger partial charge in [-0.05, 0) is 31.2 Å². The van der Waals surface area contributed by atoms with Crippen molar-refractivity contribution in [1.29, 1.82) is 0 Å². The summed E-state index contributed by atoms with van der Waals surface area (Å²) < 4.78 is 0. The predicted octanol–water partition coefficient (Wildman–Crippen LogP) is 2.19. The van der Waals surface area contributed by atoms with Crippen molar-refractivity contribution >= 4 is 0 Å². The molecule has 0 aromatic carbocycles. The lowest BCUT2D eigenvalue weighted by molar-refractivity contribution is 0.549. The number of rotatable bonds is 1. The molecule has 0 saturated heterocycles. The highest BCUT2D eigenvalue weighted by Gasteiger charge is 2.26. The number of hydrogen-bond acceptors (Lipinski definition) is 2. The fourth-order valence-electron chi connectivity index (χ4n) is 1.83. The summed E-state index contributed by atoms with van der Waals surface area (Å²) in [6.45, 7) is 2.24. The third-order valence-corrected chi connectivity index (χ3v) is 2.57. The summed E-state index contributed by atoms with van der Waals surface area (Å²) in [5, 5.41) is 0. The first-order valence-electron chi connectivity index (χ1n) is 4.48. The molecule has 12 heavy (non-hydrogen) atoms. The van der Waals surface area contributed by atoms with Gasteiger partial charge in [-0.2, -0.15) is 0 Å². The van der Waals surface area contributed by atoms with Crippen LogP contribution in [-0.2, 0) is 0 Å². The summed E-state index contributed by atoms with van der Waals surface area (Å²) in [5.41, 5.74) is 0. The highest BCUT2D eigenvalue weighted by atomic mass is 14.9. The maximum absolute atomic E-state index is 4.28. The van der Waals surface area contributed by atoms with Crippen LogP contribution in [0.1, 0.15) is 31.5 Å². The molecule has 2 atom stereocenters. The van der Waals surface area contributed by atoms with Gasteiger partial charge in [0.15, 0.2) is 0 Å². The van der Waals surface area contributed by atoms with E-state index in [1.54, 1.807) is 0 Å². The second-order valence-corrected chi connectivity index (χ2v) is 3.39. The first-order chi connectivity index (χ1) is 5.88. The van der Waals surface area contributed by atoms with Crippen LogP contribution in [0.2, 0.25) is 0 Å². The van der Waals surface area contributed by atoms with Gasteiger partial charge < -0.3 is 0 Å². The minimum atomic E-state index is 0.561. The van der Waals surface area contributed by atoms with Crippen molar-refractivity contribution in [2.24, 2.45) is 5.92 Å². The van der Waals surface area contributed by atoms with Crippen LogP contribution in [0, 0.1) is 12.3 Å². The van der Waals surface area contributed by atoms with Crippen molar-refractivity contribution < 1.29 is 0 Å². The quantitative estimate of drug-likeness (QED) is 0.631. The molecule has 0 spiro atoms. The van der Waals surface area contributed by atoms with Gasteiger partial charge >= 0.3 is 0 Å². The first-order valence-corrected chi connectivity index (χ1v) is 4.48. The largest absolute Gasteiger partial charge is 0.241 e. The molecule has 1 aromatic rings. The molecule has 1 radical (unpaired) electrons. The second kappa shape index (κ2) is 3.21. The zero-order valence-corrected chi connectivity index (χ0v) is 7.27. The molecule has 0 amide bonds. The van der Waals surface area contributed by atoms with Crippen LogP contribution in [0.3, 0.4) is 0 Å². The van der Waals surface area contributed by atoms with Gasteiger partial charge in [-0.3, -0.25) is 0 Å². The Morgan fingerprint density at radius 2 is 2.08 bits per heavy atom. The standard InChI is InChI=1S/C10H13N2/c1-8-4-2-5-9(8)10-11-6-3-7-12-10/h3-4,6-9H,2,5H2,1H3. The van der Waals surface area contributed by atoms with Crippen LogP contribution in [0.4, 0.5) is 0 Å². The maximum Gasteiger partial charge on any atom is 0.131 e. The smallest absolute Gasteiger partial charge is 0.131 e. The minimum Gasteiger partial charge on any atom is -0.241 e. The number of aromatic nitrogens is 2. The monoisotopic (exact) mass is 161 g/mol. The lowest BCUT2D eigenvalue weighted by Crippen LogP contribution is -2.06. The zero-order valence-electron chi connectivity index (χ0n) is 7.27. The normalized spacial score (nSPS) is 29.1. The summed E-state index contributed by atoms with van der Waals surface area (Å²) in [4.78, 5) is 8.56. The highest BCUT2D eigenvalue weighted by molar-refractivity contribution is 5.05. The van der Waals surface area contributed by atoms with Crippen LogP contribution in [-0.4, -0.2) is 9.97 Å². The molecule has 2 rings (SSSR count). The van der Waals surface area contributed by atoms with Crippen molar-refractivity contribution in [2.75, 3.05) is 0 Å². The Morgan fingerprint density at radius 1 is 1.33 bits per heavy atom. The van der Waals surface area contributed by atoms with E-state index in [1.807, 2.05) is 18.5 Å². The molecule has 2 heteroatoms. The molecule has 1 aliphatic carbocycles. The zero-order chi connectivity index (χ0) is 8.39. The molecule has 1 fully saturated rings. The molecule has 1 aromatic heterocycles. The lowest BCUT2D eigenvalue weighted by atomic mass is 9.97. The van der Waals surface area contributed by atoms with Crippen LogP contribution in [0.25, 0.3) is 0 Å². The average Bonchev–Trinajstić information content (AvgIpc) is 2.53. The second-order valence-electron chi connectivity index (χ2n) is 3.39. The molecular weight excluding hydrogens is 148 g/mol. The van der Waals surface area contributed by atoms with Gasteiger partial charge in [0.25, 0.3) is 0 Å². The molecule has 0 bridgehead atoms. The maximum atomic E-state index is 4.28. The van der Waals surface area contributed by atoms with E-state index in [4.69, 9.17) is 0 Å². The van der Waals surface area contributed by atoms with Crippen LogP contribution in [0.15, 0.2) is 18.5 Å². The third-order valence-electron chi connectivity index (χ3n) is 2.57. The van der Waals surface area contributed by atoms with Crippen molar-refractivity contribution in [3.8, 4) is 0 Å².